The molecule has 210 valence electrons. The molecule has 0 amide bonds. The molecular weight excluding hydrogens is 565 g/mol. The summed E-state index contributed by atoms with van der Waals surface area (Å²) >= 11 is 0. The van der Waals surface area contributed by atoms with Crippen LogP contribution in [-0.2, 0) is 9.47 Å². The van der Waals surface area contributed by atoms with Crippen LogP contribution in [0.25, 0.3) is 10.8 Å². The van der Waals surface area contributed by atoms with Crippen molar-refractivity contribution in [3.63, 3.8) is 0 Å². The maximum Gasteiger partial charge on any atom is 0.460 e. The zero-order valence-electron chi connectivity index (χ0n) is 17.0. The molecule has 1 N–H and O–H groups in total. The summed E-state index contributed by atoms with van der Waals surface area (Å²) in [5.41, 5.74) is 0. The van der Waals surface area contributed by atoms with E-state index in [1.807, 2.05) is 0 Å². The average molecular weight is 574 g/mol. The smallest absolute Gasteiger partial charge is 0.460 e. The minimum atomic E-state index is -7.92. The van der Waals surface area contributed by atoms with Gasteiger partial charge >= 0.3 is 42.5 Å². The van der Waals surface area contributed by atoms with Gasteiger partial charge in [0.15, 0.2) is 6.61 Å². The molecule has 2 rings (SSSR count). The first-order chi connectivity index (χ1) is 16.4. The van der Waals surface area contributed by atoms with Crippen LogP contribution in [0.5, 0.6) is 11.5 Å². The van der Waals surface area contributed by atoms with Crippen molar-refractivity contribution >= 4 is 10.8 Å². The molecule has 0 aromatic heterocycles. The highest BCUT2D eigenvalue weighted by atomic mass is 19.4. The summed E-state index contributed by atoms with van der Waals surface area (Å²) in [6.07, 6.45) is -35.1. The first kappa shape index (κ1) is 30.4. The molecule has 2 aromatic carbocycles. The van der Waals surface area contributed by atoms with Crippen molar-refractivity contribution in [1.82, 2.24) is 0 Å². The normalized spacial score (nSPS) is 14.8. The van der Waals surface area contributed by atoms with Gasteiger partial charge in [-0.25, -0.2) is 9.47 Å². The number of hydrogen-bond acceptors (Lipinski definition) is 4. The van der Waals surface area contributed by atoms with E-state index in [9.17, 15) is 71.0 Å². The molecule has 0 bridgehead atoms. The fraction of sp³-hybridized carbons (Fsp3) is 0.444. The Morgan fingerprint density at radius 3 is 1.59 bits per heavy atom. The summed E-state index contributed by atoms with van der Waals surface area (Å²) in [6, 6.07) is 6.61. The third-order valence-corrected chi connectivity index (χ3v) is 4.19. The van der Waals surface area contributed by atoms with Gasteiger partial charge in [0.2, 0.25) is 0 Å². The monoisotopic (exact) mass is 574 g/mol. The fourth-order valence-corrected chi connectivity index (χ4v) is 2.39. The van der Waals surface area contributed by atoms with E-state index in [1.54, 1.807) is 0 Å². The predicted molar refractivity (Wildman–Crippen MR) is 89.0 cm³/mol. The average Bonchev–Trinajstić information content (AvgIpc) is 2.69. The SMILES string of the molecule is Oc1ccc2cc(OCC(F)(F)OC(F)(F)C(F)(F)OC(F)(F)C(F)(F)C(F)(F)C(F)(F)F)ccc2c1. The van der Waals surface area contributed by atoms with Gasteiger partial charge in [-0.15, -0.1) is 0 Å². The van der Waals surface area contributed by atoms with E-state index >= 15 is 0 Å². The minimum absolute atomic E-state index is 0.211. The quantitative estimate of drug-likeness (QED) is 0.306. The highest BCUT2D eigenvalue weighted by Crippen LogP contribution is 2.56. The first-order valence-electron chi connectivity index (χ1n) is 8.95. The first-order valence-corrected chi connectivity index (χ1v) is 8.95. The zero-order chi connectivity index (χ0) is 28.9. The van der Waals surface area contributed by atoms with E-state index in [0.29, 0.717) is 5.39 Å². The van der Waals surface area contributed by atoms with Crippen LogP contribution in [0.15, 0.2) is 36.4 Å². The molecule has 37 heavy (non-hydrogen) atoms. The Morgan fingerprint density at radius 2 is 1.05 bits per heavy atom. The van der Waals surface area contributed by atoms with Gasteiger partial charge in [0, 0.05) is 0 Å². The van der Waals surface area contributed by atoms with E-state index in [4.69, 9.17) is 0 Å². The van der Waals surface area contributed by atoms with Gasteiger partial charge in [-0.1, -0.05) is 12.1 Å². The third-order valence-electron chi connectivity index (χ3n) is 4.19. The predicted octanol–water partition coefficient (Wildman–Crippen LogP) is 7.16. The standard InChI is InChI=1S/C18H9F15O4/c19-12(20,7-35-11-4-2-8-5-10(34)3-1-9(8)6-11)36-17(30,31)18(32,33)37-16(28,29)14(23,24)13(21,22)15(25,26)27/h1-6,34H,7H2. The number of phenolic OH excluding ortho intramolecular Hbond substituents is 1. The van der Waals surface area contributed by atoms with Gasteiger partial charge in [-0.2, -0.15) is 65.9 Å². The molecule has 0 saturated carbocycles. The van der Waals surface area contributed by atoms with Crippen LogP contribution >= 0.6 is 0 Å². The Bertz CT molecular complexity index is 1110. The molecule has 19 heteroatoms. The van der Waals surface area contributed by atoms with Crippen LogP contribution in [0.2, 0.25) is 0 Å². The van der Waals surface area contributed by atoms with Crippen molar-refractivity contribution in [3.8, 4) is 11.5 Å². The third kappa shape index (κ3) is 6.02. The summed E-state index contributed by atoms with van der Waals surface area (Å²) in [7, 11) is 0. The van der Waals surface area contributed by atoms with Crippen molar-refractivity contribution < 1.29 is 85.2 Å². The van der Waals surface area contributed by atoms with Gasteiger partial charge in [0.05, 0.1) is 0 Å². The molecular formula is C18H9F15O4. The van der Waals surface area contributed by atoms with Crippen LogP contribution in [-0.4, -0.2) is 54.2 Å². The Morgan fingerprint density at radius 1 is 0.568 bits per heavy atom. The molecule has 0 aliphatic rings. The van der Waals surface area contributed by atoms with Gasteiger partial charge in [-0.05, 0) is 35.0 Å². The molecule has 0 fully saturated rings. The van der Waals surface area contributed by atoms with E-state index in [1.165, 1.54) is 16.9 Å². The Labute approximate surface area is 194 Å². The summed E-state index contributed by atoms with van der Waals surface area (Å²) in [5.74, 6) is -16.5. The molecule has 0 unspecified atom stereocenters. The van der Waals surface area contributed by atoms with Crippen LogP contribution in [0.3, 0.4) is 0 Å². The van der Waals surface area contributed by atoms with Gasteiger partial charge < -0.3 is 9.84 Å². The van der Waals surface area contributed by atoms with Crippen molar-refractivity contribution in [2.75, 3.05) is 6.61 Å². The van der Waals surface area contributed by atoms with Crippen molar-refractivity contribution in [1.29, 1.82) is 0 Å². The maximum absolute atomic E-state index is 13.7. The number of benzene rings is 2. The van der Waals surface area contributed by atoms with E-state index in [-0.39, 0.29) is 11.1 Å². The molecule has 2 aromatic rings. The lowest BCUT2D eigenvalue weighted by Gasteiger charge is -2.36. The van der Waals surface area contributed by atoms with Crippen LogP contribution in [0, 0.1) is 0 Å². The number of rotatable bonds is 10. The largest absolute Gasteiger partial charge is 0.508 e. The van der Waals surface area contributed by atoms with Crippen molar-refractivity contribution in [2.24, 2.45) is 0 Å². The van der Waals surface area contributed by atoms with Crippen LogP contribution < -0.4 is 4.74 Å². The van der Waals surface area contributed by atoms with Crippen molar-refractivity contribution in [2.45, 2.75) is 42.5 Å². The van der Waals surface area contributed by atoms with Crippen LogP contribution in [0.4, 0.5) is 65.9 Å². The molecule has 0 aliphatic heterocycles. The molecule has 0 saturated heterocycles. The number of phenols is 1. The molecule has 0 radical (unpaired) electrons. The second-order valence-corrected chi connectivity index (χ2v) is 7.02. The van der Waals surface area contributed by atoms with Crippen molar-refractivity contribution in [3.05, 3.63) is 36.4 Å². The minimum Gasteiger partial charge on any atom is -0.508 e. The number of hydrogen-bond donors (Lipinski definition) is 1. The summed E-state index contributed by atoms with van der Waals surface area (Å²) in [6.45, 7) is -2.36. The second kappa shape index (κ2) is 9.17. The number of alkyl halides is 15. The lowest BCUT2D eigenvalue weighted by Crippen LogP contribution is -2.64. The topological polar surface area (TPSA) is 47.9 Å². The van der Waals surface area contributed by atoms with E-state index in [2.05, 4.69) is 9.47 Å². The van der Waals surface area contributed by atoms with Gasteiger partial charge in [0.25, 0.3) is 0 Å². The summed E-state index contributed by atoms with van der Waals surface area (Å²) in [4.78, 5) is 0. The number of halogens is 15. The number of ether oxygens (including phenoxy) is 3. The fourth-order valence-electron chi connectivity index (χ4n) is 2.39. The van der Waals surface area contributed by atoms with E-state index < -0.39 is 54.8 Å². The van der Waals surface area contributed by atoms with Crippen LogP contribution in [0.1, 0.15) is 0 Å². The van der Waals surface area contributed by atoms with Gasteiger partial charge in [-0.3, -0.25) is 0 Å². The Hall–Kier alpha value is -2.83. The maximum atomic E-state index is 13.7. The number of fused-ring (bicyclic) bond motifs is 1. The summed E-state index contributed by atoms with van der Waals surface area (Å²) in [5, 5.41) is 9.83. The molecule has 0 heterocycles. The Kier molecular flexibility index (Phi) is 7.54. The molecule has 0 spiro atoms. The highest BCUT2D eigenvalue weighted by molar-refractivity contribution is 5.85. The molecule has 0 atom stereocenters. The second-order valence-electron chi connectivity index (χ2n) is 7.02. The Balaban J connectivity index is 2.18. The highest BCUT2D eigenvalue weighted by Gasteiger charge is 2.85. The molecule has 0 aliphatic carbocycles. The summed E-state index contributed by atoms with van der Waals surface area (Å²) < 4.78 is 203. The zero-order valence-corrected chi connectivity index (χ0v) is 17.0. The lowest BCUT2D eigenvalue weighted by molar-refractivity contribution is -0.542. The van der Waals surface area contributed by atoms with E-state index in [0.717, 1.165) is 24.3 Å². The van der Waals surface area contributed by atoms with Gasteiger partial charge in [0.1, 0.15) is 11.5 Å². The lowest BCUT2D eigenvalue weighted by atomic mass is 10.1. The number of aromatic hydroxyl groups is 1. The molecule has 4 nitrogen and oxygen atoms in total.